The van der Waals surface area contributed by atoms with Crippen molar-refractivity contribution in [2.45, 2.75) is 17.5 Å². The molecule has 3 nitrogen and oxygen atoms in total. The molecule has 12 heteroatoms. The zero-order valence-corrected chi connectivity index (χ0v) is 12.4. The van der Waals surface area contributed by atoms with Gasteiger partial charge < -0.3 is 0 Å². The van der Waals surface area contributed by atoms with Crippen molar-refractivity contribution in [3.05, 3.63) is 33.6 Å². The fraction of sp³-hybridized carbons (Fsp3) is 0.200. The van der Waals surface area contributed by atoms with E-state index in [2.05, 4.69) is 22.8 Å². The summed E-state index contributed by atoms with van der Waals surface area (Å²) in [5, 5.41) is 4.18. The Hall–Kier alpha value is -1.13. The second kappa shape index (κ2) is 5.50. The Kier molecular flexibility index (Phi) is 4.31. The highest BCUT2D eigenvalue weighted by Crippen LogP contribution is 2.40. The smallest absolute Gasteiger partial charge is 0.264 e. The van der Waals surface area contributed by atoms with Gasteiger partial charge in [-0.05, 0) is 12.1 Å². The highest BCUT2D eigenvalue weighted by Gasteiger charge is 2.40. The first-order chi connectivity index (χ1) is 9.93. The molecule has 2 aromatic rings. The Labute approximate surface area is 134 Å². The lowest BCUT2D eigenvalue weighted by Gasteiger charge is -2.15. The van der Waals surface area contributed by atoms with Gasteiger partial charge in [0.25, 0.3) is 0 Å². The molecule has 0 aliphatic rings. The summed E-state index contributed by atoms with van der Waals surface area (Å²) >= 11 is 15.0. The van der Waals surface area contributed by atoms with E-state index in [-0.39, 0.29) is 0 Å². The lowest BCUT2D eigenvalue weighted by atomic mass is 10.2. The van der Waals surface area contributed by atoms with Gasteiger partial charge in [-0.3, -0.25) is 4.57 Å². The molecule has 120 valence electrons. The molecule has 1 heterocycles. The first-order valence-electron chi connectivity index (χ1n) is 5.21. The average molecular weight is 382 g/mol. The molecule has 0 radical (unpaired) electrons. The summed E-state index contributed by atoms with van der Waals surface area (Å²) in [5.74, 6) is -1.51. The number of thiol groups is 1. The molecule has 1 aromatic carbocycles. The van der Waals surface area contributed by atoms with Crippen LogP contribution in [0, 0.1) is 0 Å². The number of alkyl halides is 6. The summed E-state index contributed by atoms with van der Waals surface area (Å²) in [7, 11) is 0. The van der Waals surface area contributed by atoms with E-state index in [1.54, 1.807) is 0 Å². The van der Waals surface area contributed by atoms with Crippen molar-refractivity contribution in [2.24, 2.45) is 0 Å². The predicted octanol–water partition coefficient (Wildman–Crippen LogP) is 4.90. The maximum atomic E-state index is 12.9. The van der Waals surface area contributed by atoms with Gasteiger partial charge in [-0.15, -0.1) is 22.8 Å². The van der Waals surface area contributed by atoms with Gasteiger partial charge in [0.15, 0.2) is 5.16 Å². The van der Waals surface area contributed by atoms with Gasteiger partial charge in [-0.2, -0.15) is 26.3 Å². The molecule has 1 aromatic heterocycles. The van der Waals surface area contributed by atoms with Crippen LogP contribution in [0.25, 0.3) is 5.69 Å². The minimum Gasteiger partial charge on any atom is -0.264 e. The Morgan fingerprint density at radius 1 is 0.909 bits per heavy atom. The summed E-state index contributed by atoms with van der Waals surface area (Å²) < 4.78 is 76.8. The molecule has 0 saturated heterocycles. The first kappa shape index (κ1) is 17.2. The average Bonchev–Trinajstić information content (AvgIpc) is 2.69. The van der Waals surface area contributed by atoms with Crippen molar-refractivity contribution in [2.75, 3.05) is 0 Å². The Balaban J connectivity index is 2.73. The predicted molar refractivity (Wildman–Crippen MR) is 68.6 cm³/mol. The third kappa shape index (κ3) is 3.13. The van der Waals surface area contributed by atoms with E-state index < -0.39 is 44.6 Å². The summed E-state index contributed by atoms with van der Waals surface area (Å²) in [6.07, 6.45) is -9.68. The molecule has 0 spiro atoms. The standard InChI is InChI=1S/C10H3Cl2F6N3S/c11-4-1-3(9(13,14)15)2-5(12)6(4)21-7(10(16,17)18)19-20-8(21)22/h1-2H,(H,20,22). The molecule has 22 heavy (non-hydrogen) atoms. The van der Waals surface area contributed by atoms with Crippen LogP contribution in [0.5, 0.6) is 0 Å². The van der Waals surface area contributed by atoms with Crippen molar-refractivity contribution >= 4 is 35.8 Å². The van der Waals surface area contributed by atoms with Crippen LogP contribution in [0.15, 0.2) is 17.3 Å². The minimum absolute atomic E-state index is 0.327. The highest BCUT2D eigenvalue weighted by atomic mass is 35.5. The van der Waals surface area contributed by atoms with Crippen molar-refractivity contribution in [3.63, 3.8) is 0 Å². The highest BCUT2D eigenvalue weighted by molar-refractivity contribution is 7.80. The molecule has 0 amide bonds. The molecule has 0 saturated carbocycles. The van der Waals surface area contributed by atoms with Gasteiger partial charge in [-0.25, -0.2) is 0 Å². The first-order valence-corrected chi connectivity index (χ1v) is 6.41. The van der Waals surface area contributed by atoms with Crippen molar-refractivity contribution in [1.29, 1.82) is 0 Å². The van der Waals surface area contributed by atoms with Crippen LogP contribution >= 0.6 is 35.8 Å². The normalized spacial score (nSPS) is 12.8. The van der Waals surface area contributed by atoms with Crippen LogP contribution in [0.1, 0.15) is 11.4 Å². The maximum Gasteiger partial charge on any atom is 0.452 e. The molecule has 0 bridgehead atoms. The number of hydrogen-bond donors (Lipinski definition) is 1. The lowest BCUT2D eigenvalue weighted by Crippen LogP contribution is -2.15. The topological polar surface area (TPSA) is 30.7 Å². The molecule has 2 rings (SSSR count). The number of halogens is 8. The monoisotopic (exact) mass is 381 g/mol. The third-order valence-electron chi connectivity index (χ3n) is 2.47. The van der Waals surface area contributed by atoms with E-state index in [0.717, 1.165) is 0 Å². The molecule has 0 aliphatic carbocycles. The third-order valence-corrected chi connectivity index (χ3v) is 3.33. The van der Waals surface area contributed by atoms with Crippen molar-refractivity contribution < 1.29 is 26.3 Å². The van der Waals surface area contributed by atoms with Gasteiger partial charge >= 0.3 is 12.4 Å². The SMILES string of the molecule is FC(F)(F)c1cc(Cl)c(-n2c(S)nnc2C(F)(F)F)c(Cl)c1. The zero-order chi connectivity index (χ0) is 16.9. The maximum absolute atomic E-state index is 12.9. The second-order valence-electron chi connectivity index (χ2n) is 3.94. The van der Waals surface area contributed by atoms with Crippen LogP contribution in [-0.4, -0.2) is 14.8 Å². The molecule has 0 fully saturated rings. The number of benzene rings is 1. The van der Waals surface area contributed by atoms with E-state index in [0.29, 0.717) is 16.7 Å². The Bertz CT molecular complexity index is 701. The van der Waals surface area contributed by atoms with E-state index in [1.807, 2.05) is 0 Å². The fourth-order valence-electron chi connectivity index (χ4n) is 1.61. The minimum atomic E-state index is -4.93. The number of aromatic nitrogens is 3. The second-order valence-corrected chi connectivity index (χ2v) is 5.16. The lowest BCUT2D eigenvalue weighted by molar-refractivity contribution is -0.146. The van der Waals surface area contributed by atoms with Crippen LogP contribution in [-0.2, 0) is 12.4 Å². The molecule has 0 aliphatic heterocycles. The summed E-state index contributed by atoms with van der Waals surface area (Å²) in [6, 6.07) is 0.909. The number of rotatable bonds is 1. The summed E-state index contributed by atoms with van der Waals surface area (Å²) in [5.41, 5.74) is -1.74. The Morgan fingerprint density at radius 2 is 1.41 bits per heavy atom. The summed E-state index contributed by atoms with van der Waals surface area (Å²) in [4.78, 5) is 0. The zero-order valence-electron chi connectivity index (χ0n) is 9.97. The number of nitrogens with zero attached hydrogens (tertiary/aromatic N) is 3. The molecular formula is C10H3Cl2F6N3S. The van der Waals surface area contributed by atoms with Crippen LogP contribution in [0.2, 0.25) is 10.0 Å². The van der Waals surface area contributed by atoms with E-state index >= 15 is 0 Å². The van der Waals surface area contributed by atoms with Gasteiger partial charge in [-0.1, -0.05) is 23.2 Å². The molecular weight excluding hydrogens is 379 g/mol. The Morgan fingerprint density at radius 3 is 1.82 bits per heavy atom. The van der Waals surface area contributed by atoms with Crippen LogP contribution in [0.3, 0.4) is 0 Å². The van der Waals surface area contributed by atoms with E-state index in [1.165, 1.54) is 0 Å². The largest absolute Gasteiger partial charge is 0.452 e. The van der Waals surface area contributed by atoms with E-state index in [9.17, 15) is 26.3 Å². The van der Waals surface area contributed by atoms with Crippen molar-refractivity contribution in [3.8, 4) is 5.69 Å². The molecule has 0 atom stereocenters. The van der Waals surface area contributed by atoms with Gasteiger partial charge in [0.05, 0.1) is 21.3 Å². The van der Waals surface area contributed by atoms with Crippen LogP contribution in [0.4, 0.5) is 26.3 Å². The van der Waals surface area contributed by atoms with Gasteiger partial charge in [0.1, 0.15) is 0 Å². The molecule has 0 unspecified atom stereocenters. The van der Waals surface area contributed by atoms with E-state index in [4.69, 9.17) is 23.2 Å². The summed E-state index contributed by atoms with van der Waals surface area (Å²) in [6.45, 7) is 0. The van der Waals surface area contributed by atoms with Crippen molar-refractivity contribution in [1.82, 2.24) is 14.8 Å². The molecule has 0 N–H and O–H groups in total. The number of hydrogen-bond acceptors (Lipinski definition) is 3. The van der Waals surface area contributed by atoms with Gasteiger partial charge in [0.2, 0.25) is 5.82 Å². The van der Waals surface area contributed by atoms with Crippen LogP contribution < -0.4 is 0 Å². The van der Waals surface area contributed by atoms with Gasteiger partial charge in [0, 0.05) is 0 Å². The quantitative estimate of drug-likeness (QED) is 0.562. The fourth-order valence-corrected chi connectivity index (χ4v) is 2.50.